The third kappa shape index (κ3) is 3.44. The van der Waals surface area contributed by atoms with E-state index in [9.17, 15) is 4.79 Å². The Kier molecular flexibility index (Phi) is 5.92. The summed E-state index contributed by atoms with van der Waals surface area (Å²) in [7, 11) is 0. The number of nitrogens with two attached hydrogens (primary N) is 1. The molecule has 1 amide bonds. The molecule has 9 heteroatoms. The first-order valence-electron chi connectivity index (χ1n) is 7.11. The first kappa shape index (κ1) is 18.8. The summed E-state index contributed by atoms with van der Waals surface area (Å²) in [5, 5.41) is 2.59. The fraction of sp³-hybridized carbons (Fsp3) is 0.333. The van der Waals surface area contributed by atoms with E-state index in [0.29, 0.717) is 24.5 Å². The Morgan fingerprint density at radius 1 is 1.29 bits per heavy atom. The second kappa shape index (κ2) is 7.57. The lowest BCUT2D eigenvalue weighted by atomic mass is 10.2. The molecule has 0 radical (unpaired) electrons. The number of carbonyl (C=O) groups is 1. The lowest BCUT2D eigenvalue weighted by molar-refractivity contribution is 0.0786. The summed E-state index contributed by atoms with van der Waals surface area (Å²) >= 11 is 1.45. The summed E-state index contributed by atoms with van der Waals surface area (Å²) in [4.78, 5) is 18.6. The van der Waals surface area contributed by atoms with E-state index in [2.05, 4.69) is 4.98 Å². The standard InChI is InChI=1S/C15H15N3O3S.2ClH/c16-10-3-4-18(6-10)15(19)11-7-22-14(17-11)9-1-2-12-13(5-9)21-8-20-12;;/h1-2,5,7,10H,3-4,6,8,16H2;2*1H/t10-;;/m1../s1. The molecule has 0 spiro atoms. The summed E-state index contributed by atoms with van der Waals surface area (Å²) in [6.45, 7) is 1.56. The van der Waals surface area contributed by atoms with Crippen LogP contribution in [0.3, 0.4) is 0 Å². The normalized spacial score (nSPS) is 18.0. The number of thiazole rings is 1. The highest BCUT2D eigenvalue weighted by Crippen LogP contribution is 2.36. The molecule has 2 N–H and O–H groups in total. The van der Waals surface area contributed by atoms with Gasteiger partial charge in [0.05, 0.1) is 0 Å². The Balaban J connectivity index is 0.00000104. The first-order chi connectivity index (χ1) is 10.7. The molecule has 1 atom stereocenters. The van der Waals surface area contributed by atoms with Crippen molar-refractivity contribution in [2.24, 2.45) is 5.73 Å². The number of benzene rings is 1. The minimum atomic E-state index is -0.0452. The van der Waals surface area contributed by atoms with Gasteiger partial charge in [0.25, 0.3) is 5.91 Å². The van der Waals surface area contributed by atoms with Gasteiger partial charge in [-0.15, -0.1) is 36.2 Å². The largest absolute Gasteiger partial charge is 0.454 e. The number of nitrogens with zero attached hydrogens (tertiary/aromatic N) is 2. The van der Waals surface area contributed by atoms with E-state index in [1.54, 1.807) is 10.3 Å². The van der Waals surface area contributed by atoms with E-state index < -0.39 is 0 Å². The van der Waals surface area contributed by atoms with Crippen LogP contribution in [0.15, 0.2) is 23.6 Å². The van der Waals surface area contributed by atoms with Gasteiger partial charge in [-0.1, -0.05) is 0 Å². The molecule has 2 aliphatic rings. The third-order valence-electron chi connectivity index (χ3n) is 3.85. The quantitative estimate of drug-likeness (QED) is 0.853. The number of amides is 1. The topological polar surface area (TPSA) is 77.7 Å². The number of carbonyl (C=O) groups excluding carboxylic acids is 1. The van der Waals surface area contributed by atoms with Crippen molar-refractivity contribution in [2.45, 2.75) is 12.5 Å². The minimum absolute atomic E-state index is 0. The van der Waals surface area contributed by atoms with Crippen molar-refractivity contribution in [3.8, 4) is 22.1 Å². The van der Waals surface area contributed by atoms with Gasteiger partial charge in [-0.25, -0.2) is 4.98 Å². The Morgan fingerprint density at radius 3 is 2.83 bits per heavy atom. The summed E-state index contributed by atoms with van der Waals surface area (Å²) in [6.07, 6.45) is 0.852. The second-order valence-corrected chi connectivity index (χ2v) is 6.26. The van der Waals surface area contributed by atoms with Crippen molar-refractivity contribution in [1.82, 2.24) is 9.88 Å². The van der Waals surface area contributed by atoms with Crippen LogP contribution >= 0.6 is 36.2 Å². The van der Waals surface area contributed by atoms with Crippen molar-refractivity contribution in [3.05, 3.63) is 29.3 Å². The van der Waals surface area contributed by atoms with Gasteiger partial charge >= 0.3 is 0 Å². The Hall–Kier alpha value is -1.54. The first-order valence-corrected chi connectivity index (χ1v) is 7.99. The van der Waals surface area contributed by atoms with Crippen LogP contribution in [0.1, 0.15) is 16.9 Å². The average Bonchev–Trinajstić information content (AvgIpc) is 3.25. The van der Waals surface area contributed by atoms with E-state index >= 15 is 0 Å². The van der Waals surface area contributed by atoms with E-state index in [4.69, 9.17) is 15.2 Å². The van der Waals surface area contributed by atoms with Gasteiger partial charge in [-0.3, -0.25) is 4.79 Å². The molecule has 4 rings (SSSR count). The van der Waals surface area contributed by atoms with Crippen LogP contribution < -0.4 is 15.2 Å². The van der Waals surface area contributed by atoms with Crippen LogP contribution in [0, 0.1) is 0 Å². The molecule has 0 aliphatic carbocycles. The van der Waals surface area contributed by atoms with E-state index in [1.165, 1.54) is 11.3 Å². The molecule has 0 unspecified atom stereocenters. The minimum Gasteiger partial charge on any atom is -0.454 e. The highest BCUT2D eigenvalue weighted by molar-refractivity contribution is 7.13. The predicted molar refractivity (Wildman–Crippen MR) is 96.7 cm³/mol. The average molecular weight is 390 g/mol. The van der Waals surface area contributed by atoms with E-state index in [-0.39, 0.29) is 43.6 Å². The molecule has 1 aromatic heterocycles. The van der Waals surface area contributed by atoms with Crippen molar-refractivity contribution in [1.29, 1.82) is 0 Å². The molecular weight excluding hydrogens is 373 g/mol. The number of hydrogen-bond donors (Lipinski definition) is 1. The predicted octanol–water partition coefficient (Wildman–Crippen LogP) is 2.56. The summed E-state index contributed by atoms with van der Waals surface area (Å²) in [6, 6.07) is 5.75. The SMILES string of the molecule is Cl.Cl.N[C@@H]1CCN(C(=O)c2csc(-c3ccc4c(c3)OCO4)n2)C1. The molecule has 1 saturated heterocycles. The van der Waals surface area contributed by atoms with Gasteiger partial charge in [-0.05, 0) is 24.6 Å². The van der Waals surface area contributed by atoms with Gasteiger partial charge in [0, 0.05) is 30.1 Å². The molecule has 1 fully saturated rings. The van der Waals surface area contributed by atoms with Crippen molar-refractivity contribution < 1.29 is 14.3 Å². The zero-order chi connectivity index (χ0) is 15.1. The number of aromatic nitrogens is 1. The molecule has 130 valence electrons. The second-order valence-electron chi connectivity index (χ2n) is 5.41. The fourth-order valence-corrected chi connectivity index (χ4v) is 3.46. The summed E-state index contributed by atoms with van der Waals surface area (Å²) in [5.74, 6) is 1.41. The van der Waals surface area contributed by atoms with Crippen molar-refractivity contribution in [2.75, 3.05) is 19.9 Å². The molecule has 0 saturated carbocycles. The number of fused-ring (bicyclic) bond motifs is 1. The highest BCUT2D eigenvalue weighted by Gasteiger charge is 2.26. The lowest BCUT2D eigenvalue weighted by Gasteiger charge is -2.13. The van der Waals surface area contributed by atoms with Crippen molar-refractivity contribution in [3.63, 3.8) is 0 Å². The lowest BCUT2D eigenvalue weighted by Crippen LogP contribution is -2.32. The number of hydrogen-bond acceptors (Lipinski definition) is 6. The Labute approximate surface area is 155 Å². The fourth-order valence-electron chi connectivity index (χ4n) is 2.67. The molecule has 24 heavy (non-hydrogen) atoms. The van der Waals surface area contributed by atoms with Gasteiger partial charge in [-0.2, -0.15) is 0 Å². The maximum atomic E-state index is 12.4. The van der Waals surface area contributed by atoms with Crippen LogP contribution in [0.25, 0.3) is 10.6 Å². The number of halogens is 2. The maximum absolute atomic E-state index is 12.4. The summed E-state index contributed by atoms with van der Waals surface area (Å²) < 4.78 is 10.7. The van der Waals surface area contributed by atoms with Crippen LogP contribution in [-0.2, 0) is 0 Å². The van der Waals surface area contributed by atoms with E-state index in [0.717, 1.165) is 22.7 Å². The summed E-state index contributed by atoms with van der Waals surface area (Å²) in [5.41, 5.74) is 7.25. The van der Waals surface area contributed by atoms with Crippen LogP contribution in [0.5, 0.6) is 11.5 Å². The smallest absolute Gasteiger partial charge is 0.273 e. The maximum Gasteiger partial charge on any atom is 0.273 e. The van der Waals surface area contributed by atoms with Gasteiger partial charge < -0.3 is 20.1 Å². The zero-order valence-corrected chi connectivity index (χ0v) is 15.1. The van der Waals surface area contributed by atoms with Gasteiger partial charge in [0.15, 0.2) is 11.5 Å². The molecule has 1 aromatic carbocycles. The number of rotatable bonds is 2. The number of ether oxygens (including phenoxy) is 2. The molecule has 2 aliphatic heterocycles. The molecule has 2 aromatic rings. The molecule has 0 bridgehead atoms. The molecule has 6 nitrogen and oxygen atoms in total. The van der Waals surface area contributed by atoms with E-state index in [1.807, 2.05) is 18.2 Å². The third-order valence-corrected chi connectivity index (χ3v) is 4.75. The van der Waals surface area contributed by atoms with Crippen LogP contribution in [0.2, 0.25) is 0 Å². The highest BCUT2D eigenvalue weighted by atomic mass is 35.5. The van der Waals surface area contributed by atoms with Gasteiger partial charge in [0.1, 0.15) is 10.7 Å². The Morgan fingerprint density at radius 2 is 2.08 bits per heavy atom. The van der Waals surface area contributed by atoms with Gasteiger partial charge in [0.2, 0.25) is 6.79 Å². The Bertz CT molecular complexity index is 741. The van der Waals surface area contributed by atoms with Crippen LogP contribution in [0.4, 0.5) is 0 Å². The zero-order valence-electron chi connectivity index (χ0n) is 12.6. The van der Waals surface area contributed by atoms with Crippen LogP contribution in [-0.4, -0.2) is 41.7 Å². The molecule has 3 heterocycles. The monoisotopic (exact) mass is 389 g/mol. The number of likely N-dealkylation sites (tertiary alicyclic amines) is 1. The van der Waals surface area contributed by atoms with Crippen molar-refractivity contribution >= 4 is 42.1 Å². The molecular formula is C15H17Cl2N3O3S.